The fourth-order valence-corrected chi connectivity index (χ4v) is 10.8. The summed E-state index contributed by atoms with van der Waals surface area (Å²) in [5.74, 6) is -1.76. The Kier molecular flexibility index (Phi) is 14.9. The van der Waals surface area contributed by atoms with Crippen LogP contribution in [0.25, 0.3) is 11.1 Å². The number of hydrogen-bond donors (Lipinski definition) is 1. The quantitative estimate of drug-likeness (QED) is 0.432. The molecule has 0 radical (unpaired) electrons. The van der Waals surface area contributed by atoms with Gasteiger partial charge in [0.25, 0.3) is 0 Å². The smallest absolute Gasteiger partial charge is 0.875 e. The molecule has 11 heteroatoms. The van der Waals surface area contributed by atoms with Gasteiger partial charge in [-0.05, 0) is 132 Å². The fourth-order valence-electron chi connectivity index (χ4n) is 10.8. The summed E-state index contributed by atoms with van der Waals surface area (Å²) in [6.45, 7) is 21.1. The first-order chi connectivity index (χ1) is 25.4. The van der Waals surface area contributed by atoms with Gasteiger partial charge >= 0.3 is 59.1 Å². The van der Waals surface area contributed by atoms with Crippen molar-refractivity contribution in [2.45, 2.75) is 143 Å². The molecular formula is C46H60Na2O9. The van der Waals surface area contributed by atoms with Crippen LogP contribution in [-0.2, 0) is 54.2 Å². The zero-order valence-corrected chi connectivity index (χ0v) is 40.4. The standard InChI is InChI=1S/2C23H30O4.2Na.H2O/c2*1-6-14-8-13(3)9-15(7-2)18(14)19-20(24)16-10-23(11-17(16)21(19)25)12-26-22(4,5)27-23;;;/h2*8-9,16-17,24H,6-7,10-12H2,1-5H3;;;1H2/q;;2*+1;/p-2. The minimum atomic E-state index is -0.640. The Morgan fingerprint density at radius 3 is 1.28 bits per heavy atom. The van der Waals surface area contributed by atoms with Crippen molar-refractivity contribution >= 4 is 22.7 Å². The monoisotopic (exact) mass is 802 g/mol. The maximum atomic E-state index is 13.4. The van der Waals surface area contributed by atoms with Gasteiger partial charge in [0.2, 0.25) is 0 Å². The molecule has 2 heterocycles. The number of carbonyl (C=O) groups excluding carboxylic acids is 2. The van der Waals surface area contributed by atoms with Crippen LogP contribution in [0.3, 0.4) is 0 Å². The second kappa shape index (κ2) is 17.6. The van der Waals surface area contributed by atoms with E-state index in [0.717, 1.165) is 59.1 Å². The number of fused-ring (bicyclic) bond motifs is 2. The molecular weight excluding hydrogens is 742 g/mol. The van der Waals surface area contributed by atoms with Gasteiger partial charge in [0.05, 0.1) is 30.0 Å². The van der Waals surface area contributed by atoms with Crippen LogP contribution < -0.4 is 64.2 Å². The number of Topliss-reactive ketones (excluding diaryl/α,β-unsaturated/α-hetero) is 2. The Morgan fingerprint density at radius 2 is 0.947 bits per heavy atom. The zero-order valence-electron chi connectivity index (χ0n) is 36.4. The molecule has 0 bridgehead atoms. The number of benzene rings is 2. The van der Waals surface area contributed by atoms with Crippen LogP contribution in [0.1, 0.15) is 126 Å². The number of allylic oxidation sites excluding steroid dienone is 4. The van der Waals surface area contributed by atoms with Crippen LogP contribution in [0.5, 0.6) is 0 Å². The molecule has 0 aromatic heterocycles. The van der Waals surface area contributed by atoms with Crippen molar-refractivity contribution in [1.82, 2.24) is 0 Å². The zero-order chi connectivity index (χ0) is 39.1. The number of carbonyl (C=O) groups is 2. The van der Waals surface area contributed by atoms with Gasteiger partial charge in [0.15, 0.2) is 23.1 Å². The largest absolute Gasteiger partial charge is 1.00 e. The number of rotatable bonds is 6. The molecule has 2 aromatic carbocycles. The van der Waals surface area contributed by atoms with Crippen molar-refractivity contribution in [3.05, 3.63) is 80.3 Å². The van der Waals surface area contributed by atoms with E-state index in [0.29, 0.717) is 50.0 Å². The maximum Gasteiger partial charge on any atom is 1.00 e. The van der Waals surface area contributed by atoms with Crippen LogP contribution in [-0.4, -0.2) is 58.1 Å². The van der Waals surface area contributed by atoms with Gasteiger partial charge in [-0.15, -0.1) is 5.76 Å². The van der Waals surface area contributed by atoms with E-state index in [-0.39, 0.29) is 111 Å². The molecule has 2 aromatic rings. The SMILES string of the molecule is CCc1cc(C)cc(CC)c1C1=C(O)C2CC3(COC(C)(C)O3)CC2C1=O.CCc1cc(C)cc(CC)c1C1=C([O-])C2CC3(COC(C)(C)O3)CC2C1=O.[Na+].[Na+].[OH-]. The third kappa shape index (κ3) is 8.61. The van der Waals surface area contributed by atoms with Crippen LogP contribution in [0, 0.1) is 37.5 Å². The molecule has 2 saturated carbocycles. The first-order valence-electron chi connectivity index (χ1n) is 20.3. The second-order valence-corrected chi connectivity index (χ2v) is 17.7. The molecule has 6 aliphatic rings. The normalized spacial score (nSPS) is 30.3. The number of aryl methyl sites for hydroxylation is 6. The van der Waals surface area contributed by atoms with E-state index < -0.39 is 22.8 Å². The van der Waals surface area contributed by atoms with Gasteiger partial charge in [0, 0.05) is 23.3 Å². The summed E-state index contributed by atoms with van der Waals surface area (Å²) in [5.41, 5.74) is 8.88. The first-order valence-corrected chi connectivity index (χ1v) is 20.3. The summed E-state index contributed by atoms with van der Waals surface area (Å²) in [6.07, 6.45) is 5.78. The van der Waals surface area contributed by atoms with Crippen LogP contribution in [0.2, 0.25) is 0 Å². The molecule has 8 rings (SSSR count). The van der Waals surface area contributed by atoms with Crippen LogP contribution in [0.15, 0.2) is 35.8 Å². The molecule has 2 saturated heterocycles. The Hall–Kier alpha value is -1.34. The summed E-state index contributed by atoms with van der Waals surface area (Å²) < 4.78 is 23.8. The summed E-state index contributed by atoms with van der Waals surface area (Å²) in [5, 5.41) is 24.5. The van der Waals surface area contributed by atoms with Gasteiger partial charge in [-0.25, -0.2) is 0 Å². The third-order valence-electron chi connectivity index (χ3n) is 12.9. The average Bonchev–Trinajstić information content (AvgIpc) is 3.92. The van der Waals surface area contributed by atoms with E-state index in [1.54, 1.807) is 0 Å². The van der Waals surface area contributed by atoms with Crippen molar-refractivity contribution in [1.29, 1.82) is 0 Å². The van der Waals surface area contributed by atoms with Crippen molar-refractivity contribution < 1.29 is 103 Å². The minimum absolute atomic E-state index is 0. The molecule has 6 unspecified atom stereocenters. The van der Waals surface area contributed by atoms with E-state index in [2.05, 4.69) is 65.8 Å². The van der Waals surface area contributed by atoms with Crippen molar-refractivity contribution in [3.8, 4) is 0 Å². The number of aliphatic hydroxyl groups excluding tert-OH is 1. The Balaban J connectivity index is 0.000000240. The predicted octanol–water partition coefficient (Wildman–Crippen LogP) is 1.67. The third-order valence-corrected chi connectivity index (χ3v) is 12.9. The number of aliphatic hydroxyl groups is 1. The number of ketones is 2. The summed E-state index contributed by atoms with van der Waals surface area (Å²) in [6, 6.07) is 8.53. The van der Waals surface area contributed by atoms with Crippen molar-refractivity contribution in [2.24, 2.45) is 23.7 Å². The van der Waals surface area contributed by atoms with Gasteiger partial charge in [0.1, 0.15) is 5.76 Å². The Morgan fingerprint density at radius 1 is 0.614 bits per heavy atom. The summed E-state index contributed by atoms with van der Waals surface area (Å²) in [4.78, 5) is 26.8. The fraction of sp³-hybridized carbons (Fsp3) is 0.609. The Bertz CT molecular complexity index is 1770. The van der Waals surface area contributed by atoms with E-state index in [1.165, 1.54) is 11.1 Å². The Labute approximate surface area is 383 Å². The van der Waals surface area contributed by atoms with E-state index in [9.17, 15) is 19.8 Å². The van der Waals surface area contributed by atoms with Crippen molar-refractivity contribution in [2.75, 3.05) is 13.2 Å². The maximum absolute atomic E-state index is 13.4. The van der Waals surface area contributed by atoms with Gasteiger partial charge in [-0.2, -0.15) is 0 Å². The molecule has 300 valence electrons. The molecule has 2 aliphatic heterocycles. The molecule has 4 fully saturated rings. The first kappa shape index (κ1) is 48.3. The molecule has 57 heavy (non-hydrogen) atoms. The summed E-state index contributed by atoms with van der Waals surface area (Å²) >= 11 is 0. The molecule has 0 amide bonds. The van der Waals surface area contributed by atoms with Gasteiger partial charge in [-0.1, -0.05) is 63.1 Å². The molecule has 2 spiro atoms. The molecule has 2 N–H and O–H groups in total. The number of hydrogen-bond acceptors (Lipinski definition) is 9. The predicted molar refractivity (Wildman–Crippen MR) is 208 cm³/mol. The minimum Gasteiger partial charge on any atom is -0.875 e. The van der Waals surface area contributed by atoms with E-state index in [1.807, 2.05) is 27.7 Å². The second-order valence-electron chi connectivity index (χ2n) is 17.7. The van der Waals surface area contributed by atoms with E-state index in [4.69, 9.17) is 18.9 Å². The van der Waals surface area contributed by atoms with Crippen LogP contribution in [0.4, 0.5) is 0 Å². The topological polar surface area (TPSA) is 144 Å². The van der Waals surface area contributed by atoms with Gasteiger partial charge < -0.3 is 34.6 Å². The average molecular weight is 803 g/mol. The molecule has 9 nitrogen and oxygen atoms in total. The van der Waals surface area contributed by atoms with Crippen LogP contribution >= 0.6 is 0 Å². The molecule has 4 aliphatic carbocycles. The summed E-state index contributed by atoms with van der Waals surface area (Å²) in [7, 11) is 0. The van der Waals surface area contributed by atoms with Crippen molar-refractivity contribution in [3.63, 3.8) is 0 Å². The van der Waals surface area contributed by atoms with E-state index >= 15 is 0 Å². The number of ether oxygens (including phenoxy) is 4. The molecule has 6 atom stereocenters. The van der Waals surface area contributed by atoms with Gasteiger partial charge in [-0.3, -0.25) is 9.59 Å².